The third kappa shape index (κ3) is 4.24. The second kappa shape index (κ2) is 7.99. The van der Waals surface area contributed by atoms with Gasteiger partial charge in [-0.15, -0.1) is 0 Å². The van der Waals surface area contributed by atoms with E-state index in [1.165, 1.54) is 25.1 Å². The van der Waals surface area contributed by atoms with Crippen LogP contribution in [0.2, 0.25) is 10.0 Å². The Morgan fingerprint density at radius 2 is 1.68 bits per heavy atom. The molecule has 3 aromatic carbocycles. The molecule has 5 nitrogen and oxygen atoms in total. The fourth-order valence-electron chi connectivity index (χ4n) is 3.00. The van der Waals surface area contributed by atoms with Crippen LogP contribution in [0, 0.1) is 0 Å². The predicted octanol–water partition coefficient (Wildman–Crippen LogP) is 4.94. The first-order valence-electron chi connectivity index (χ1n) is 8.41. The molecule has 0 radical (unpaired) electrons. The van der Waals surface area contributed by atoms with Gasteiger partial charge in [0.15, 0.2) is 0 Å². The molecule has 1 amide bonds. The van der Waals surface area contributed by atoms with Crippen LogP contribution in [0.1, 0.15) is 6.92 Å². The van der Waals surface area contributed by atoms with E-state index >= 15 is 0 Å². The number of hydrogen-bond donors (Lipinski definition) is 1. The highest BCUT2D eigenvalue weighted by atomic mass is 35.5. The topological polar surface area (TPSA) is 66.5 Å². The number of sulfonamides is 1. The number of amides is 1. The summed E-state index contributed by atoms with van der Waals surface area (Å²) in [5.74, 6) is -0.465. The zero-order chi connectivity index (χ0) is 20.5. The molecule has 0 unspecified atom stereocenters. The molecule has 3 rings (SSSR count). The number of hydrogen-bond acceptors (Lipinski definition) is 3. The molecule has 0 saturated heterocycles. The van der Waals surface area contributed by atoms with Crippen molar-refractivity contribution in [2.75, 3.05) is 15.9 Å². The minimum absolute atomic E-state index is 0.203. The summed E-state index contributed by atoms with van der Waals surface area (Å²) in [5.41, 5.74) is 0.870. The summed E-state index contributed by atoms with van der Waals surface area (Å²) in [6, 6.07) is 16.6. The largest absolute Gasteiger partial charge is 0.324 e. The second-order valence-corrected chi connectivity index (χ2v) is 9.02. The van der Waals surface area contributed by atoms with Crippen LogP contribution >= 0.6 is 23.2 Å². The first kappa shape index (κ1) is 20.5. The molecule has 8 heteroatoms. The fourth-order valence-corrected chi connectivity index (χ4v) is 4.46. The van der Waals surface area contributed by atoms with E-state index in [0.29, 0.717) is 10.7 Å². The highest BCUT2D eigenvalue weighted by Crippen LogP contribution is 2.30. The molecule has 28 heavy (non-hydrogen) atoms. The van der Waals surface area contributed by atoms with Crippen molar-refractivity contribution in [3.05, 3.63) is 70.7 Å². The monoisotopic (exact) mass is 436 g/mol. The van der Waals surface area contributed by atoms with Gasteiger partial charge in [-0.05, 0) is 36.6 Å². The zero-order valence-corrected chi connectivity index (χ0v) is 17.5. The summed E-state index contributed by atoms with van der Waals surface area (Å²) < 4.78 is 25.8. The summed E-state index contributed by atoms with van der Waals surface area (Å²) in [7, 11) is -3.76. The summed E-state index contributed by atoms with van der Waals surface area (Å²) >= 11 is 12.0. The van der Waals surface area contributed by atoms with Gasteiger partial charge in [0.25, 0.3) is 0 Å². The molecule has 0 aliphatic carbocycles. The van der Waals surface area contributed by atoms with Crippen LogP contribution < -0.4 is 9.62 Å². The third-order valence-electron chi connectivity index (χ3n) is 4.29. The summed E-state index contributed by atoms with van der Waals surface area (Å²) in [5, 5.41) is 5.17. The maximum absolute atomic E-state index is 12.9. The molecule has 1 atom stereocenters. The molecule has 0 saturated carbocycles. The van der Waals surface area contributed by atoms with Crippen molar-refractivity contribution < 1.29 is 13.2 Å². The molecule has 0 heterocycles. The van der Waals surface area contributed by atoms with E-state index < -0.39 is 22.0 Å². The van der Waals surface area contributed by atoms with E-state index in [4.69, 9.17) is 23.2 Å². The quantitative estimate of drug-likeness (QED) is 0.615. The van der Waals surface area contributed by atoms with Gasteiger partial charge < -0.3 is 5.32 Å². The molecule has 3 aromatic rings. The van der Waals surface area contributed by atoms with Crippen molar-refractivity contribution in [1.29, 1.82) is 0 Å². The number of fused-ring (bicyclic) bond motifs is 1. The van der Waals surface area contributed by atoms with Crippen LogP contribution in [0.25, 0.3) is 10.8 Å². The smallest absolute Gasteiger partial charge is 0.248 e. The van der Waals surface area contributed by atoms with Crippen molar-refractivity contribution in [1.82, 2.24) is 0 Å². The van der Waals surface area contributed by atoms with Gasteiger partial charge in [-0.2, -0.15) is 0 Å². The van der Waals surface area contributed by atoms with E-state index in [0.717, 1.165) is 21.3 Å². The second-order valence-electron chi connectivity index (χ2n) is 6.35. The molecule has 0 aliphatic heterocycles. The normalized spacial score (nSPS) is 12.6. The van der Waals surface area contributed by atoms with Gasteiger partial charge >= 0.3 is 0 Å². The van der Waals surface area contributed by atoms with Crippen LogP contribution in [0.3, 0.4) is 0 Å². The minimum atomic E-state index is -3.76. The lowest BCUT2D eigenvalue weighted by molar-refractivity contribution is -0.116. The van der Waals surface area contributed by atoms with Crippen LogP contribution in [0.15, 0.2) is 60.7 Å². The van der Waals surface area contributed by atoms with E-state index in [9.17, 15) is 13.2 Å². The number of halogens is 2. The van der Waals surface area contributed by atoms with Crippen LogP contribution in [-0.4, -0.2) is 26.6 Å². The summed E-state index contributed by atoms with van der Waals surface area (Å²) in [6.07, 6.45) is 1.04. The van der Waals surface area contributed by atoms with Crippen molar-refractivity contribution in [2.45, 2.75) is 13.0 Å². The average Bonchev–Trinajstić information content (AvgIpc) is 2.64. The van der Waals surface area contributed by atoms with Crippen molar-refractivity contribution in [3.8, 4) is 0 Å². The first-order valence-corrected chi connectivity index (χ1v) is 11.0. The predicted molar refractivity (Wildman–Crippen MR) is 116 cm³/mol. The van der Waals surface area contributed by atoms with Crippen molar-refractivity contribution in [2.24, 2.45) is 0 Å². The maximum Gasteiger partial charge on any atom is 0.248 e. The molecule has 0 fully saturated rings. The summed E-state index contributed by atoms with van der Waals surface area (Å²) in [6.45, 7) is 1.52. The number of nitrogens with zero attached hydrogens (tertiary/aromatic N) is 1. The van der Waals surface area contributed by atoms with Gasteiger partial charge in [0.05, 0.1) is 22.0 Å². The van der Waals surface area contributed by atoms with Crippen LogP contribution in [-0.2, 0) is 14.8 Å². The molecule has 0 bridgehead atoms. The number of benzene rings is 3. The van der Waals surface area contributed by atoms with Gasteiger partial charge in [0, 0.05) is 11.1 Å². The Labute approximate surface area is 173 Å². The average molecular weight is 437 g/mol. The molecule has 0 aliphatic rings. The van der Waals surface area contributed by atoms with E-state index in [2.05, 4.69) is 5.32 Å². The lowest BCUT2D eigenvalue weighted by Gasteiger charge is -2.28. The van der Waals surface area contributed by atoms with E-state index in [1.807, 2.05) is 36.4 Å². The van der Waals surface area contributed by atoms with Gasteiger partial charge in [-0.3, -0.25) is 9.10 Å². The Morgan fingerprint density at radius 3 is 2.36 bits per heavy atom. The van der Waals surface area contributed by atoms with Gasteiger partial charge in [-0.25, -0.2) is 8.42 Å². The molecular formula is C20H18Cl2N2O3S. The highest BCUT2D eigenvalue weighted by molar-refractivity contribution is 7.92. The van der Waals surface area contributed by atoms with Crippen molar-refractivity contribution >= 4 is 61.3 Å². The number of rotatable bonds is 5. The lowest BCUT2D eigenvalue weighted by atomic mass is 10.1. The Balaban J connectivity index is 1.95. The van der Waals surface area contributed by atoms with E-state index in [-0.39, 0.29) is 10.7 Å². The first-order chi connectivity index (χ1) is 13.2. The Kier molecular flexibility index (Phi) is 5.84. The van der Waals surface area contributed by atoms with Crippen LogP contribution in [0.4, 0.5) is 11.4 Å². The van der Waals surface area contributed by atoms with Crippen molar-refractivity contribution in [3.63, 3.8) is 0 Å². The molecule has 0 spiro atoms. The Bertz CT molecular complexity index is 1140. The fraction of sp³-hybridized carbons (Fsp3) is 0.150. The van der Waals surface area contributed by atoms with Gasteiger partial charge in [0.1, 0.15) is 6.04 Å². The molecule has 0 aromatic heterocycles. The number of anilines is 2. The lowest BCUT2D eigenvalue weighted by Crippen LogP contribution is -2.45. The third-order valence-corrected chi connectivity index (χ3v) is 6.27. The zero-order valence-electron chi connectivity index (χ0n) is 15.2. The molecular weight excluding hydrogens is 419 g/mol. The van der Waals surface area contributed by atoms with Gasteiger partial charge in [0.2, 0.25) is 15.9 Å². The SMILES string of the molecule is C[C@@H](C(=O)Nc1cccc2ccccc12)N(c1ccc(Cl)c(Cl)c1)S(C)(=O)=O. The number of carbonyl (C=O) groups is 1. The van der Waals surface area contributed by atoms with Gasteiger partial charge in [-0.1, -0.05) is 59.6 Å². The number of carbonyl (C=O) groups excluding carboxylic acids is 1. The van der Waals surface area contributed by atoms with Crippen LogP contribution in [0.5, 0.6) is 0 Å². The summed E-state index contributed by atoms with van der Waals surface area (Å²) in [4.78, 5) is 12.9. The Hall–Kier alpha value is -2.28. The molecule has 146 valence electrons. The molecule has 1 N–H and O–H groups in total. The minimum Gasteiger partial charge on any atom is -0.324 e. The standard InChI is InChI=1S/C20H18Cl2N2O3S/c1-13(24(28(2,26)27)15-10-11-17(21)18(22)12-15)20(25)23-19-9-5-7-14-6-3-4-8-16(14)19/h3-13H,1-2H3,(H,23,25)/t13-/m0/s1. The maximum atomic E-state index is 12.9. The Morgan fingerprint density at radius 1 is 1.00 bits per heavy atom. The van der Waals surface area contributed by atoms with E-state index in [1.54, 1.807) is 6.07 Å². The highest BCUT2D eigenvalue weighted by Gasteiger charge is 2.29. The number of nitrogens with one attached hydrogen (secondary N) is 1.